The van der Waals surface area contributed by atoms with E-state index in [1.165, 1.54) is 11.3 Å². The van der Waals surface area contributed by atoms with Crippen LogP contribution in [0.2, 0.25) is 0 Å². The van der Waals surface area contributed by atoms with Crippen molar-refractivity contribution in [2.45, 2.75) is 12.5 Å². The fourth-order valence-corrected chi connectivity index (χ4v) is 2.98. The van der Waals surface area contributed by atoms with Gasteiger partial charge in [0, 0.05) is 6.20 Å². The van der Waals surface area contributed by atoms with E-state index in [-0.39, 0.29) is 0 Å². The molecule has 5 nitrogen and oxygen atoms in total. The van der Waals surface area contributed by atoms with Crippen molar-refractivity contribution in [1.82, 2.24) is 9.61 Å². The maximum Gasteiger partial charge on any atom is 0.269 e. The van der Waals surface area contributed by atoms with Gasteiger partial charge in [-0.3, -0.25) is 4.90 Å². The summed E-state index contributed by atoms with van der Waals surface area (Å²) in [7, 11) is 6.79. The van der Waals surface area contributed by atoms with Crippen LogP contribution < -0.4 is 10.6 Å². The Morgan fingerprint density at radius 3 is 2.79 bits per heavy atom. The summed E-state index contributed by atoms with van der Waals surface area (Å²) in [6.07, 6.45) is 3.19. The van der Waals surface area contributed by atoms with Crippen molar-refractivity contribution in [2.75, 3.05) is 40.0 Å². The number of nitrogens with zero attached hydrogens (tertiary/aromatic N) is 3. The lowest BCUT2D eigenvalue weighted by Crippen LogP contribution is -3.06. The van der Waals surface area contributed by atoms with Crippen LogP contribution in [0.4, 0.5) is 11.5 Å². The monoisotopic (exact) mass is 261 g/mol. The topological polar surface area (TPSA) is 47.8 Å². The molecule has 0 saturated carbocycles. The second-order valence-electron chi connectivity index (χ2n) is 6.41. The molecule has 19 heavy (non-hydrogen) atoms. The molecule has 3 rings (SSSR count). The molecule has 1 aliphatic rings. The van der Waals surface area contributed by atoms with Crippen LogP contribution in [-0.4, -0.2) is 54.4 Å². The van der Waals surface area contributed by atoms with Crippen molar-refractivity contribution < 1.29 is 9.38 Å². The van der Waals surface area contributed by atoms with Crippen molar-refractivity contribution in [1.29, 1.82) is 0 Å². The number of quaternary nitrogens is 2. The second-order valence-corrected chi connectivity index (χ2v) is 6.41. The number of pyridine rings is 1. The zero-order chi connectivity index (χ0) is 13.6. The Morgan fingerprint density at radius 1 is 1.37 bits per heavy atom. The number of hydrogen-bond acceptors (Lipinski definition) is 2. The minimum absolute atomic E-state index is 0.680. The Balaban J connectivity index is 1.92. The van der Waals surface area contributed by atoms with Crippen molar-refractivity contribution >= 4 is 17.0 Å². The summed E-state index contributed by atoms with van der Waals surface area (Å²) in [5.41, 5.74) is 8.11. The van der Waals surface area contributed by atoms with Gasteiger partial charge in [0.2, 0.25) is 0 Å². The summed E-state index contributed by atoms with van der Waals surface area (Å²) in [6, 6.07) is 6.70. The molecule has 3 N–H and O–H groups in total. The molecule has 0 amide bonds. The number of nitrogen functional groups attached to an aromatic ring is 1. The average Bonchev–Trinajstić information content (AvgIpc) is 2.94. The highest BCUT2D eigenvalue weighted by Gasteiger charge is 2.38. The number of nitrogens with two attached hydrogens (primary N) is 1. The highest BCUT2D eigenvalue weighted by atomic mass is 15.4. The summed E-state index contributed by atoms with van der Waals surface area (Å²) in [5, 5.41) is 4.66. The van der Waals surface area contributed by atoms with E-state index >= 15 is 0 Å². The molecule has 0 aliphatic carbocycles. The Bertz CT molecular complexity index is 595. The molecule has 102 valence electrons. The van der Waals surface area contributed by atoms with E-state index in [1.807, 2.05) is 28.9 Å². The van der Waals surface area contributed by atoms with E-state index < -0.39 is 0 Å². The van der Waals surface area contributed by atoms with Gasteiger partial charge in [-0.25, -0.2) is 4.52 Å². The fourth-order valence-electron chi connectivity index (χ4n) is 2.98. The molecule has 0 spiro atoms. The van der Waals surface area contributed by atoms with Gasteiger partial charge in [0.1, 0.15) is 18.3 Å². The first-order chi connectivity index (χ1) is 8.97. The SMILES string of the molecule is C[N+](C)(C)C1CC[NH+](c2nn3ccccc3c2N)C1. The van der Waals surface area contributed by atoms with Crippen LogP contribution in [0.3, 0.4) is 0 Å². The molecule has 0 aromatic carbocycles. The molecule has 0 radical (unpaired) electrons. The van der Waals surface area contributed by atoms with Crippen molar-refractivity contribution in [3.05, 3.63) is 24.4 Å². The van der Waals surface area contributed by atoms with E-state index in [9.17, 15) is 0 Å². The molecule has 1 saturated heterocycles. The number of rotatable bonds is 2. The normalized spacial score (nSPS) is 24.2. The average molecular weight is 261 g/mol. The zero-order valence-corrected chi connectivity index (χ0v) is 11.9. The number of hydrogen-bond donors (Lipinski definition) is 2. The van der Waals surface area contributed by atoms with Crippen LogP contribution in [0.15, 0.2) is 24.4 Å². The Labute approximate surface area is 113 Å². The quantitative estimate of drug-likeness (QED) is 0.742. The third-order valence-corrected chi connectivity index (χ3v) is 4.27. The van der Waals surface area contributed by atoms with E-state index in [1.54, 1.807) is 0 Å². The second kappa shape index (κ2) is 4.21. The molecule has 2 aromatic rings. The smallest absolute Gasteiger partial charge is 0.269 e. The lowest BCUT2D eigenvalue weighted by molar-refractivity contribution is -0.915. The highest BCUT2D eigenvalue weighted by molar-refractivity contribution is 5.76. The summed E-state index contributed by atoms with van der Waals surface area (Å²) in [5.74, 6) is 1.02. The minimum Gasteiger partial charge on any atom is -0.391 e. The van der Waals surface area contributed by atoms with Crippen LogP contribution in [0, 0.1) is 0 Å². The van der Waals surface area contributed by atoms with Gasteiger partial charge in [-0.15, -0.1) is 5.10 Å². The maximum absolute atomic E-state index is 6.26. The van der Waals surface area contributed by atoms with Crippen molar-refractivity contribution in [3.63, 3.8) is 0 Å². The van der Waals surface area contributed by atoms with Gasteiger partial charge < -0.3 is 10.2 Å². The molecule has 5 heteroatoms. The molecular weight excluding hydrogens is 238 g/mol. The molecular formula is C14H23N5+2. The zero-order valence-electron chi connectivity index (χ0n) is 11.9. The predicted molar refractivity (Wildman–Crippen MR) is 76.4 cm³/mol. The molecule has 1 fully saturated rings. The number of nitrogens with one attached hydrogen (secondary N) is 1. The van der Waals surface area contributed by atoms with Gasteiger partial charge >= 0.3 is 0 Å². The maximum atomic E-state index is 6.26. The first-order valence-electron chi connectivity index (χ1n) is 6.86. The van der Waals surface area contributed by atoms with Gasteiger partial charge in [0.15, 0.2) is 0 Å². The lowest BCUT2D eigenvalue weighted by Gasteiger charge is -2.29. The van der Waals surface area contributed by atoms with Crippen LogP contribution in [0.1, 0.15) is 6.42 Å². The molecule has 1 aliphatic heterocycles. The minimum atomic E-state index is 0.680. The van der Waals surface area contributed by atoms with E-state index in [2.05, 4.69) is 26.2 Å². The Hall–Kier alpha value is -1.59. The third-order valence-electron chi connectivity index (χ3n) is 4.27. The van der Waals surface area contributed by atoms with E-state index in [4.69, 9.17) is 5.73 Å². The molecule has 2 aromatic heterocycles. The number of aromatic nitrogens is 2. The Kier molecular flexibility index (Phi) is 2.76. The van der Waals surface area contributed by atoms with Crippen LogP contribution in [0.25, 0.3) is 5.52 Å². The van der Waals surface area contributed by atoms with Gasteiger partial charge in [-0.2, -0.15) is 0 Å². The summed E-state index contributed by atoms with van der Waals surface area (Å²) in [4.78, 5) is 1.42. The number of anilines is 1. The van der Waals surface area contributed by atoms with Crippen molar-refractivity contribution in [3.8, 4) is 0 Å². The molecule has 2 atom stereocenters. The standard InChI is InChI=1S/C14H22N5/c1-19(2,3)11-7-9-17(10-11)14-13(15)12-6-4-5-8-18(12)16-14/h4-6,8,11H,7,9-10,15H2,1-3H3/q+1/p+1. The molecule has 2 unspecified atom stereocenters. The first kappa shape index (κ1) is 12.4. The predicted octanol–water partition coefficient (Wildman–Crippen LogP) is -0.0886. The van der Waals surface area contributed by atoms with Gasteiger partial charge in [-0.05, 0) is 12.1 Å². The number of fused-ring (bicyclic) bond motifs is 1. The van der Waals surface area contributed by atoms with Crippen LogP contribution in [-0.2, 0) is 0 Å². The number of likely N-dealkylation sites (N-methyl/N-ethyl adjacent to an activating group) is 1. The lowest BCUT2D eigenvalue weighted by atomic mass is 10.2. The fraction of sp³-hybridized carbons (Fsp3) is 0.500. The molecule has 0 bridgehead atoms. The Morgan fingerprint density at radius 2 is 2.16 bits per heavy atom. The third kappa shape index (κ3) is 2.09. The largest absolute Gasteiger partial charge is 0.391 e. The van der Waals surface area contributed by atoms with E-state index in [0.29, 0.717) is 6.04 Å². The summed E-state index contributed by atoms with van der Waals surface area (Å²) in [6.45, 7) is 2.23. The van der Waals surface area contributed by atoms with Crippen LogP contribution in [0.5, 0.6) is 0 Å². The van der Waals surface area contributed by atoms with Gasteiger partial charge in [0.25, 0.3) is 5.82 Å². The van der Waals surface area contributed by atoms with E-state index in [0.717, 1.165) is 34.6 Å². The van der Waals surface area contributed by atoms with Crippen LogP contribution >= 0.6 is 0 Å². The summed E-state index contributed by atoms with van der Waals surface area (Å²) >= 11 is 0. The summed E-state index contributed by atoms with van der Waals surface area (Å²) < 4.78 is 2.90. The van der Waals surface area contributed by atoms with Crippen molar-refractivity contribution in [2.24, 2.45) is 0 Å². The molecule has 3 heterocycles. The van der Waals surface area contributed by atoms with Gasteiger partial charge in [0.05, 0.1) is 39.6 Å². The highest BCUT2D eigenvalue weighted by Crippen LogP contribution is 2.21. The first-order valence-corrected chi connectivity index (χ1v) is 6.86. The van der Waals surface area contributed by atoms with Gasteiger partial charge in [-0.1, -0.05) is 6.07 Å².